The molecule has 0 radical (unpaired) electrons. The van der Waals surface area contributed by atoms with E-state index in [2.05, 4.69) is 6.92 Å². The average molecular weight is 247 g/mol. The fraction of sp³-hybridized carbons (Fsp3) is 1.00. The van der Waals surface area contributed by atoms with E-state index in [-0.39, 0.29) is 0 Å². The van der Waals surface area contributed by atoms with Crippen LogP contribution in [-0.2, 0) is 8.85 Å². The fourth-order valence-electron chi connectivity index (χ4n) is 1.98. The lowest BCUT2D eigenvalue weighted by molar-refractivity contribution is 0.238. The van der Waals surface area contributed by atoms with Gasteiger partial charge in [-0.3, -0.25) is 0 Å². The van der Waals surface area contributed by atoms with Crippen molar-refractivity contribution in [1.82, 2.24) is 0 Å². The van der Waals surface area contributed by atoms with Crippen molar-refractivity contribution in [1.29, 1.82) is 0 Å². The van der Waals surface area contributed by atoms with Crippen molar-refractivity contribution in [3.05, 3.63) is 0 Å². The Hall–Kier alpha value is 0.0969. The highest BCUT2D eigenvalue weighted by atomic mass is 28.4. The summed E-state index contributed by atoms with van der Waals surface area (Å²) in [6.45, 7) is 3.01. The summed E-state index contributed by atoms with van der Waals surface area (Å²) < 4.78 is 11.4. The SMILES string of the molecule is CCCCCC[Si](CCCCN)(OC)OC. The highest BCUT2D eigenvalue weighted by molar-refractivity contribution is 6.67. The van der Waals surface area contributed by atoms with Gasteiger partial charge in [-0.15, -0.1) is 0 Å². The first kappa shape index (κ1) is 16.1. The van der Waals surface area contributed by atoms with Crippen LogP contribution < -0.4 is 5.73 Å². The van der Waals surface area contributed by atoms with Crippen molar-refractivity contribution < 1.29 is 8.85 Å². The molecular weight excluding hydrogens is 218 g/mol. The molecule has 2 N–H and O–H groups in total. The maximum Gasteiger partial charge on any atom is 0.337 e. The molecule has 0 aliphatic rings. The van der Waals surface area contributed by atoms with Crippen molar-refractivity contribution in [3.8, 4) is 0 Å². The minimum Gasteiger partial charge on any atom is -0.398 e. The Morgan fingerprint density at radius 3 is 1.88 bits per heavy atom. The zero-order valence-corrected chi connectivity index (χ0v) is 12.3. The van der Waals surface area contributed by atoms with E-state index in [1.807, 2.05) is 0 Å². The number of unbranched alkanes of at least 4 members (excludes halogenated alkanes) is 4. The second-order valence-corrected chi connectivity index (χ2v) is 8.01. The maximum absolute atomic E-state index is 5.69. The van der Waals surface area contributed by atoms with Gasteiger partial charge in [0.1, 0.15) is 0 Å². The summed E-state index contributed by atoms with van der Waals surface area (Å²) in [4.78, 5) is 0. The van der Waals surface area contributed by atoms with Crippen LogP contribution in [0.3, 0.4) is 0 Å². The third-order valence-electron chi connectivity index (χ3n) is 3.17. The average Bonchev–Trinajstić information content (AvgIpc) is 2.33. The first-order valence-corrected chi connectivity index (χ1v) is 8.78. The van der Waals surface area contributed by atoms with Crippen LogP contribution in [0.4, 0.5) is 0 Å². The molecule has 0 saturated carbocycles. The van der Waals surface area contributed by atoms with Crippen LogP contribution in [0, 0.1) is 0 Å². The maximum atomic E-state index is 5.69. The summed E-state index contributed by atoms with van der Waals surface area (Å²) >= 11 is 0. The highest BCUT2D eigenvalue weighted by Gasteiger charge is 2.33. The molecule has 0 aromatic rings. The second-order valence-electron chi connectivity index (χ2n) is 4.38. The summed E-state index contributed by atoms with van der Waals surface area (Å²) in [6.07, 6.45) is 7.36. The molecule has 0 bridgehead atoms. The van der Waals surface area contributed by atoms with Gasteiger partial charge in [-0.05, 0) is 25.1 Å². The normalized spacial score (nSPS) is 12.0. The van der Waals surface area contributed by atoms with Crippen LogP contribution >= 0.6 is 0 Å². The van der Waals surface area contributed by atoms with Crippen molar-refractivity contribution in [2.75, 3.05) is 20.8 Å². The molecule has 0 fully saturated rings. The summed E-state index contributed by atoms with van der Waals surface area (Å²) in [5.41, 5.74) is 5.51. The van der Waals surface area contributed by atoms with Crippen molar-refractivity contribution in [2.24, 2.45) is 5.73 Å². The molecule has 0 saturated heterocycles. The number of hydrogen-bond acceptors (Lipinski definition) is 3. The fourth-order valence-corrected chi connectivity index (χ4v) is 4.79. The van der Waals surface area contributed by atoms with Gasteiger partial charge < -0.3 is 14.6 Å². The Balaban J connectivity index is 3.90. The predicted molar refractivity (Wildman–Crippen MR) is 71.8 cm³/mol. The lowest BCUT2D eigenvalue weighted by atomic mass is 10.2. The van der Waals surface area contributed by atoms with E-state index in [0.29, 0.717) is 0 Å². The van der Waals surface area contributed by atoms with Gasteiger partial charge in [-0.25, -0.2) is 0 Å². The Morgan fingerprint density at radius 1 is 0.875 bits per heavy atom. The Bertz CT molecular complexity index is 152. The van der Waals surface area contributed by atoms with Crippen LogP contribution in [0.5, 0.6) is 0 Å². The van der Waals surface area contributed by atoms with E-state index < -0.39 is 8.56 Å². The quantitative estimate of drug-likeness (QED) is 0.451. The summed E-state index contributed by atoms with van der Waals surface area (Å²) in [5.74, 6) is 0. The smallest absolute Gasteiger partial charge is 0.337 e. The van der Waals surface area contributed by atoms with E-state index in [1.54, 1.807) is 14.2 Å². The topological polar surface area (TPSA) is 44.5 Å². The molecule has 0 aliphatic heterocycles. The molecule has 0 unspecified atom stereocenters. The molecule has 16 heavy (non-hydrogen) atoms. The van der Waals surface area contributed by atoms with Crippen LogP contribution in [-0.4, -0.2) is 29.3 Å². The van der Waals surface area contributed by atoms with E-state index in [4.69, 9.17) is 14.6 Å². The molecule has 0 aliphatic carbocycles. The standard InChI is InChI=1S/C12H29NO2Si/c1-4-5-6-8-11-16(14-2,15-3)12-9-7-10-13/h4-13H2,1-3H3. The number of nitrogens with two attached hydrogens (primary N) is 1. The molecule has 4 heteroatoms. The molecule has 0 spiro atoms. The van der Waals surface area contributed by atoms with Gasteiger partial charge in [-0.2, -0.15) is 0 Å². The minimum absolute atomic E-state index is 0.772. The molecule has 3 nitrogen and oxygen atoms in total. The zero-order valence-electron chi connectivity index (χ0n) is 11.3. The van der Waals surface area contributed by atoms with Gasteiger partial charge in [0.15, 0.2) is 0 Å². The molecule has 0 aromatic heterocycles. The van der Waals surface area contributed by atoms with Gasteiger partial charge in [0.25, 0.3) is 0 Å². The molecule has 0 rings (SSSR count). The summed E-state index contributed by atoms with van der Waals surface area (Å²) in [5, 5.41) is 0. The van der Waals surface area contributed by atoms with Gasteiger partial charge in [-0.1, -0.05) is 39.0 Å². The predicted octanol–water partition coefficient (Wildman–Crippen LogP) is 3.04. The van der Waals surface area contributed by atoms with Gasteiger partial charge in [0.05, 0.1) is 0 Å². The van der Waals surface area contributed by atoms with E-state index >= 15 is 0 Å². The first-order chi connectivity index (χ1) is 7.74. The van der Waals surface area contributed by atoms with Crippen molar-refractivity contribution >= 4 is 8.56 Å². The van der Waals surface area contributed by atoms with Crippen LogP contribution in [0.1, 0.15) is 45.4 Å². The number of rotatable bonds is 11. The van der Waals surface area contributed by atoms with Crippen LogP contribution in [0.25, 0.3) is 0 Å². The summed E-state index contributed by atoms with van der Waals surface area (Å²) in [6, 6.07) is 2.22. The first-order valence-electron chi connectivity index (χ1n) is 6.55. The van der Waals surface area contributed by atoms with Crippen LogP contribution in [0.15, 0.2) is 0 Å². The molecule has 98 valence electrons. The zero-order chi connectivity index (χ0) is 12.3. The van der Waals surface area contributed by atoms with Gasteiger partial charge in [0.2, 0.25) is 0 Å². The van der Waals surface area contributed by atoms with Crippen molar-refractivity contribution in [2.45, 2.75) is 57.5 Å². The Kier molecular flexibility index (Phi) is 10.3. The minimum atomic E-state index is -1.89. The van der Waals surface area contributed by atoms with Gasteiger partial charge in [0, 0.05) is 14.2 Å². The molecule has 0 atom stereocenters. The molecular formula is C12H29NO2Si. The van der Waals surface area contributed by atoms with E-state index in [1.165, 1.54) is 25.7 Å². The Morgan fingerprint density at radius 2 is 1.44 bits per heavy atom. The van der Waals surface area contributed by atoms with Gasteiger partial charge >= 0.3 is 8.56 Å². The Labute approximate surface area is 102 Å². The lowest BCUT2D eigenvalue weighted by Crippen LogP contribution is -2.39. The number of hydrogen-bond donors (Lipinski definition) is 1. The molecule has 0 aromatic carbocycles. The van der Waals surface area contributed by atoms with Crippen LogP contribution in [0.2, 0.25) is 12.1 Å². The third kappa shape index (κ3) is 6.63. The largest absolute Gasteiger partial charge is 0.398 e. The highest BCUT2D eigenvalue weighted by Crippen LogP contribution is 2.23. The third-order valence-corrected chi connectivity index (χ3v) is 6.89. The van der Waals surface area contributed by atoms with E-state index in [9.17, 15) is 0 Å². The van der Waals surface area contributed by atoms with E-state index in [0.717, 1.165) is 31.5 Å². The summed E-state index contributed by atoms with van der Waals surface area (Å²) in [7, 11) is 1.72. The monoisotopic (exact) mass is 247 g/mol. The second kappa shape index (κ2) is 10.3. The lowest BCUT2D eigenvalue weighted by Gasteiger charge is -2.27. The van der Waals surface area contributed by atoms with Crippen molar-refractivity contribution in [3.63, 3.8) is 0 Å². The molecule has 0 heterocycles. The molecule has 0 amide bonds.